The summed E-state index contributed by atoms with van der Waals surface area (Å²) in [6.07, 6.45) is 5.17. The average Bonchev–Trinajstić information content (AvgIpc) is 3.42. The molecule has 0 aliphatic carbocycles. The van der Waals surface area contributed by atoms with Gasteiger partial charge in [-0.3, -0.25) is 29.4 Å². The molecule has 1 aromatic heterocycles. The van der Waals surface area contributed by atoms with Crippen molar-refractivity contribution >= 4 is 23.4 Å². The van der Waals surface area contributed by atoms with Gasteiger partial charge in [-0.05, 0) is 86.0 Å². The van der Waals surface area contributed by atoms with Crippen LogP contribution in [-0.4, -0.2) is 87.5 Å². The topological polar surface area (TPSA) is 144 Å². The normalized spacial score (nSPS) is 23.7. The van der Waals surface area contributed by atoms with Crippen LogP contribution in [0, 0.1) is 11.3 Å². The van der Waals surface area contributed by atoms with Crippen LogP contribution in [0.25, 0.3) is 0 Å². The van der Waals surface area contributed by atoms with Gasteiger partial charge in [-0.15, -0.1) is 0 Å². The van der Waals surface area contributed by atoms with Gasteiger partial charge in [-0.1, -0.05) is 36.4 Å². The summed E-state index contributed by atoms with van der Waals surface area (Å²) in [5.74, 6) is -0.0375. The van der Waals surface area contributed by atoms with Crippen molar-refractivity contribution in [1.29, 1.82) is 5.26 Å². The van der Waals surface area contributed by atoms with E-state index in [0.29, 0.717) is 36.1 Å². The van der Waals surface area contributed by atoms with Crippen LogP contribution < -0.4 is 16.2 Å². The predicted octanol–water partition coefficient (Wildman–Crippen LogP) is 2.69. The molecule has 49 heavy (non-hydrogen) atoms. The Kier molecular flexibility index (Phi) is 9.05. The van der Waals surface area contributed by atoms with E-state index in [9.17, 15) is 24.4 Å². The van der Waals surface area contributed by atoms with Crippen LogP contribution in [0.2, 0.25) is 0 Å². The molecule has 3 atom stereocenters. The summed E-state index contributed by atoms with van der Waals surface area (Å²) in [7, 11) is 3.65. The Labute approximate surface area is 285 Å². The van der Waals surface area contributed by atoms with E-state index in [4.69, 9.17) is 0 Å². The standard InChI is InChI=1S/C37H42N8O4/c1-42-20-27(16-29(22-42)40-32-18-39-43(2)36(48)31(32)17-38)24-5-3-23(4-6-24)19-44-13-11-25(12-14-44)26-7-8-30-28(15-26)21-45(37(30)49)33-9-10-34(46)41-35(33)47/h3-8,15,18,25,27,29,33,40H,9-14,16,19-22H2,1-2H3,(H,41,46,47)/t27-,29+,33?/m1/s1. The van der Waals surface area contributed by atoms with E-state index in [1.807, 2.05) is 12.1 Å². The zero-order valence-corrected chi connectivity index (χ0v) is 28.0. The number of carbonyl (C=O) groups is 3. The molecule has 2 aromatic carbocycles. The first-order valence-electron chi connectivity index (χ1n) is 17.2. The van der Waals surface area contributed by atoms with Crippen molar-refractivity contribution in [3.63, 3.8) is 0 Å². The molecule has 1 unspecified atom stereocenters. The van der Waals surface area contributed by atoms with Crippen molar-refractivity contribution in [2.45, 2.75) is 69.1 Å². The SMILES string of the molecule is CN1C[C@@H](Nc2cnn(C)c(=O)c2C#N)C[C@@H](c2ccc(CN3CCC(c4ccc5c(c4)CN(C4CCC(=O)NC4=O)C5=O)CC3)cc2)C1. The van der Waals surface area contributed by atoms with Gasteiger partial charge in [0.25, 0.3) is 11.5 Å². The fraction of sp³-hybridized carbons (Fsp3) is 0.459. The zero-order chi connectivity index (χ0) is 34.2. The number of hydrogen-bond acceptors (Lipinski definition) is 9. The van der Waals surface area contributed by atoms with E-state index in [-0.39, 0.29) is 35.7 Å². The highest BCUT2D eigenvalue weighted by atomic mass is 16.2. The number of carbonyl (C=O) groups excluding carboxylic acids is 3. The third-order valence-electron chi connectivity index (χ3n) is 10.7. The van der Waals surface area contributed by atoms with Gasteiger partial charge in [0, 0.05) is 51.3 Å². The molecule has 4 aliphatic rings. The fourth-order valence-corrected chi connectivity index (χ4v) is 8.07. The Hall–Kier alpha value is -4.86. The molecule has 0 spiro atoms. The van der Waals surface area contributed by atoms with E-state index in [1.54, 1.807) is 18.1 Å². The molecule has 12 nitrogen and oxygen atoms in total. The Balaban J connectivity index is 0.926. The molecule has 4 aliphatic heterocycles. The predicted molar refractivity (Wildman–Crippen MR) is 183 cm³/mol. The second kappa shape index (κ2) is 13.6. The highest BCUT2D eigenvalue weighted by molar-refractivity contribution is 6.05. The number of benzene rings is 2. The minimum Gasteiger partial charge on any atom is -0.378 e. The summed E-state index contributed by atoms with van der Waals surface area (Å²) < 4.78 is 1.18. The maximum absolute atomic E-state index is 13.1. The highest BCUT2D eigenvalue weighted by Crippen LogP contribution is 2.34. The number of nitrogens with one attached hydrogen (secondary N) is 2. The molecule has 12 heteroatoms. The molecule has 0 saturated carbocycles. The Bertz CT molecular complexity index is 1870. The van der Waals surface area contributed by atoms with Gasteiger partial charge in [0.2, 0.25) is 11.8 Å². The first kappa shape index (κ1) is 32.7. The van der Waals surface area contributed by atoms with E-state index in [1.165, 1.54) is 21.4 Å². The van der Waals surface area contributed by atoms with Crippen molar-refractivity contribution in [3.05, 3.63) is 92.4 Å². The van der Waals surface area contributed by atoms with Crippen LogP contribution >= 0.6 is 0 Å². The van der Waals surface area contributed by atoms with Crippen LogP contribution in [0.4, 0.5) is 5.69 Å². The summed E-state index contributed by atoms with van der Waals surface area (Å²) in [5.41, 5.74) is 5.65. The van der Waals surface area contributed by atoms with Gasteiger partial charge in [-0.2, -0.15) is 10.4 Å². The van der Waals surface area contributed by atoms with Gasteiger partial charge >= 0.3 is 0 Å². The van der Waals surface area contributed by atoms with Crippen LogP contribution in [0.15, 0.2) is 53.5 Å². The lowest BCUT2D eigenvalue weighted by Gasteiger charge is -2.37. The van der Waals surface area contributed by atoms with Gasteiger partial charge in [0.15, 0.2) is 0 Å². The van der Waals surface area contributed by atoms with Gasteiger partial charge in [-0.25, -0.2) is 4.68 Å². The van der Waals surface area contributed by atoms with Gasteiger partial charge in [0.05, 0.1) is 11.9 Å². The van der Waals surface area contributed by atoms with Crippen molar-refractivity contribution < 1.29 is 14.4 Å². The molecule has 0 radical (unpaired) electrons. The number of likely N-dealkylation sites (N-methyl/N-ethyl adjacent to an activating group) is 1. The van der Waals surface area contributed by atoms with Crippen LogP contribution in [0.1, 0.15) is 82.1 Å². The molecular formula is C37H42N8O4. The number of nitriles is 1. The maximum Gasteiger partial charge on any atom is 0.286 e. The first-order chi connectivity index (χ1) is 23.7. The minimum absolute atomic E-state index is 0.0844. The van der Waals surface area contributed by atoms with E-state index < -0.39 is 11.6 Å². The van der Waals surface area contributed by atoms with E-state index in [0.717, 1.165) is 57.5 Å². The number of aromatic nitrogens is 2. The molecule has 3 aromatic rings. The largest absolute Gasteiger partial charge is 0.378 e. The molecule has 5 heterocycles. The highest BCUT2D eigenvalue weighted by Gasteiger charge is 2.39. The number of piperidine rings is 3. The van der Waals surface area contributed by atoms with Gasteiger partial charge in [0.1, 0.15) is 17.7 Å². The number of fused-ring (bicyclic) bond motifs is 1. The smallest absolute Gasteiger partial charge is 0.286 e. The molecule has 2 N–H and O–H groups in total. The van der Waals surface area contributed by atoms with Gasteiger partial charge < -0.3 is 15.1 Å². The molecule has 0 bridgehead atoms. The number of rotatable bonds is 7. The fourth-order valence-electron chi connectivity index (χ4n) is 8.07. The summed E-state index contributed by atoms with van der Waals surface area (Å²) in [6, 6.07) is 16.6. The summed E-state index contributed by atoms with van der Waals surface area (Å²) >= 11 is 0. The quantitative estimate of drug-likeness (QED) is 0.365. The maximum atomic E-state index is 13.1. The third-order valence-corrected chi connectivity index (χ3v) is 10.7. The lowest BCUT2D eigenvalue weighted by Crippen LogP contribution is -2.52. The van der Waals surface area contributed by atoms with Crippen molar-refractivity contribution in [1.82, 2.24) is 29.8 Å². The lowest BCUT2D eigenvalue weighted by atomic mass is 9.87. The van der Waals surface area contributed by atoms with E-state index in [2.05, 4.69) is 69.0 Å². The molecule has 7 rings (SSSR count). The minimum atomic E-state index is -0.592. The third kappa shape index (κ3) is 6.73. The molecule has 3 saturated heterocycles. The summed E-state index contributed by atoms with van der Waals surface area (Å²) in [6.45, 7) is 5.05. The monoisotopic (exact) mass is 662 g/mol. The second-order valence-electron chi connectivity index (χ2n) is 14.1. The Morgan fingerprint density at radius 2 is 1.71 bits per heavy atom. The van der Waals surface area contributed by atoms with Crippen molar-refractivity contribution in [2.75, 3.05) is 38.5 Å². The number of hydrogen-bond donors (Lipinski definition) is 2. The number of aryl methyl sites for hydroxylation is 1. The van der Waals surface area contributed by atoms with Crippen molar-refractivity contribution in [3.8, 4) is 6.07 Å². The van der Waals surface area contributed by atoms with Crippen LogP contribution in [0.3, 0.4) is 0 Å². The number of imide groups is 1. The second-order valence-corrected chi connectivity index (χ2v) is 14.1. The summed E-state index contributed by atoms with van der Waals surface area (Å²) in [5, 5.41) is 19.5. The van der Waals surface area contributed by atoms with Crippen LogP contribution in [-0.2, 0) is 29.7 Å². The number of likely N-dealkylation sites (tertiary alicyclic amines) is 2. The lowest BCUT2D eigenvalue weighted by molar-refractivity contribution is -0.136. The van der Waals surface area contributed by atoms with Crippen molar-refractivity contribution in [2.24, 2.45) is 7.05 Å². The number of amides is 3. The molecular weight excluding hydrogens is 620 g/mol. The average molecular weight is 663 g/mol. The molecule has 3 fully saturated rings. The first-order valence-corrected chi connectivity index (χ1v) is 17.2. The Morgan fingerprint density at radius 3 is 2.45 bits per heavy atom. The zero-order valence-electron chi connectivity index (χ0n) is 28.0. The van der Waals surface area contributed by atoms with E-state index >= 15 is 0 Å². The molecule has 254 valence electrons. The molecule has 3 amide bonds. The summed E-state index contributed by atoms with van der Waals surface area (Å²) in [4.78, 5) is 55.9. The Morgan fingerprint density at radius 1 is 0.959 bits per heavy atom. The van der Waals surface area contributed by atoms with Crippen LogP contribution in [0.5, 0.6) is 0 Å². The number of anilines is 1. The number of nitrogens with zero attached hydrogens (tertiary/aromatic N) is 6.